The third kappa shape index (κ3) is 5.42. The second kappa shape index (κ2) is 10.0. The molecule has 8 nitrogen and oxygen atoms in total. The molecular weight excluding hydrogens is 445 g/mol. The lowest BCUT2D eigenvalue weighted by molar-refractivity contribution is -0.384. The predicted molar refractivity (Wildman–Crippen MR) is 122 cm³/mol. The number of hydrogen-bond donors (Lipinski definition) is 1. The molecule has 0 radical (unpaired) electrons. The summed E-state index contributed by atoms with van der Waals surface area (Å²) in [6, 6.07) is 21.4. The molecule has 1 amide bonds. The van der Waals surface area contributed by atoms with Gasteiger partial charge in [-0.3, -0.25) is 19.5 Å². The van der Waals surface area contributed by atoms with Crippen LogP contribution < -0.4 is 5.32 Å². The maximum absolute atomic E-state index is 13.0. The Hall–Kier alpha value is -4.05. The van der Waals surface area contributed by atoms with Crippen molar-refractivity contribution in [2.24, 2.45) is 0 Å². The minimum atomic E-state index is -0.461. The van der Waals surface area contributed by atoms with Crippen molar-refractivity contribution in [1.82, 2.24) is 20.1 Å². The number of nitrogens with one attached hydrogen (secondary N) is 1. The van der Waals surface area contributed by atoms with Gasteiger partial charge in [0.05, 0.1) is 10.7 Å². The first kappa shape index (κ1) is 22.2. The van der Waals surface area contributed by atoms with Crippen LogP contribution in [-0.4, -0.2) is 31.3 Å². The van der Waals surface area contributed by atoms with Crippen LogP contribution in [0.4, 0.5) is 10.1 Å². The minimum Gasteiger partial charge on any atom is -0.351 e. The molecule has 0 saturated carbocycles. The van der Waals surface area contributed by atoms with Gasteiger partial charge in [-0.25, -0.2) is 4.39 Å². The van der Waals surface area contributed by atoms with E-state index < -0.39 is 4.92 Å². The highest BCUT2D eigenvalue weighted by molar-refractivity contribution is 7.99. The number of benzene rings is 3. The van der Waals surface area contributed by atoms with Gasteiger partial charge < -0.3 is 5.32 Å². The van der Waals surface area contributed by atoms with Gasteiger partial charge in [-0.1, -0.05) is 42.1 Å². The monoisotopic (exact) mass is 463 g/mol. The first-order chi connectivity index (χ1) is 16.0. The topological polar surface area (TPSA) is 103 Å². The Kier molecular flexibility index (Phi) is 6.75. The molecule has 0 aliphatic carbocycles. The van der Waals surface area contributed by atoms with Gasteiger partial charge in [0.25, 0.3) is 5.69 Å². The van der Waals surface area contributed by atoms with Gasteiger partial charge in [-0.05, 0) is 42.0 Å². The molecule has 1 heterocycles. The van der Waals surface area contributed by atoms with Crippen molar-refractivity contribution in [1.29, 1.82) is 0 Å². The van der Waals surface area contributed by atoms with E-state index >= 15 is 0 Å². The van der Waals surface area contributed by atoms with E-state index in [0.29, 0.717) is 23.1 Å². The number of non-ortho nitro benzene ring substituents is 1. The molecule has 0 unspecified atom stereocenters. The summed E-state index contributed by atoms with van der Waals surface area (Å²) in [5.41, 5.74) is 2.23. The fourth-order valence-corrected chi connectivity index (χ4v) is 3.86. The number of thioether (sulfide) groups is 1. The van der Waals surface area contributed by atoms with E-state index in [2.05, 4.69) is 15.5 Å². The number of rotatable bonds is 8. The Bertz CT molecular complexity index is 1260. The average Bonchev–Trinajstić information content (AvgIpc) is 3.27. The molecule has 0 atom stereocenters. The number of nitro benzene ring substituents is 1. The smallest absolute Gasteiger partial charge is 0.269 e. The van der Waals surface area contributed by atoms with Crippen LogP contribution in [0.2, 0.25) is 0 Å². The number of hydrogen-bond acceptors (Lipinski definition) is 6. The van der Waals surface area contributed by atoms with Gasteiger partial charge in [-0.2, -0.15) is 0 Å². The number of aromatic nitrogens is 3. The predicted octanol–water partition coefficient (Wildman–Crippen LogP) is 4.39. The molecule has 1 aromatic heterocycles. The third-order valence-electron chi connectivity index (χ3n) is 4.72. The lowest BCUT2D eigenvalue weighted by atomic mass is 10.2. The molecule has 4 aromatic rings. The lowest BCUT2D eigenvalue weighted by Gasteiger charge is -2.10. The van der Waals surface area contributed by atoms with Crippen molar-refractivity contribution < 1.29 is 14.1 Å². The summed E-state index contributed by atoms with van der Waals surface area (Å²) < 4.78 is 14.8. The first-order valence-electron chi connectivity index (χ1n) is 9.91. The number of carbonyl (C=O) groups is 1. The number of halogens is 1. The molecule has 0 aliphatic rings. The Morgan fingerprint density at radius 3 is 2.36 bits per heavy atom. The maximum atomic E-state index is 13.0. The highest BCUT2D eigenvalue weighted by atomic mass is 32.2. The number of carbonyl (C=O) groups excluding carboxylic acids is 1. The van der Waals surface area contributed by atoms with Crippen LogP contribution in [0.5, 0.6) is 0 Å². The zero-order chi connectivity index (χ0) is 23.2. The fourth-order valence-electron chi connectivity index (χ4n) is 3.08. The number of nitrogens with zero attached hydrogens (tertiary/aromatic N) is 4. The zero-order valence-electron chi connectivity index (χ0n) is 17.2. The molecule has 10 heteroatoms. The van der Waals surface area contributed by atoms with Crippen LogP contribution in [0.3, 0.4) is 0 Å². The third-order valence-corrected chi connectivity index (χ3v) is 5.65. The van der Waals surface area contributed by atoms with Crippen LogP contribution in [0.25, 0.3) is 17.1 Å². The van der Waals surface area contributed by atoms with E-state index in [1.807, 2.05) is 30.3 Å². The first-order valence-corrected chi connectivity index (χ1v) is 10.9. The quantitative estimate of drug-likeness (QED) is 0.236. The Morgan fingerprint density at radius 1 is 1.00 bits per heavy atom. The number of nitro groups is 1. The molecule has 1 N–H and O–H groups in total. The average molecular weight is 463 g/mol. The number of para-hydroxylation sites is 1. The van der Waals surface area contributed by atoms with E-state index in [1.54, 1.807) is 28.8 Å². The summed E-state index contributed by atoms with van der Waals surface area (Å²) in [6.45, 7) is 0.291. The van der Waals surface area contributed by atoms with Crippen molar-refractivity contribution in [3.05, 3.63) is 100 Å². The standard InChI is InChI=1S/C23H18FN5O3S/c24-18-10-6-16(7-11-18)14-25-21(30)15-33-23-27-26-22(28(23)19-4-2-1-3-5-19)17-8-12-20(13-9-17)29(31)32/h1-13H,14-15H2,(H,25,30). The second-order valence-electron chi connectivity index (χ2n) is 6.97. The van der Waals surface area contributed by atoms with E-state index in [-0.39, 0.29) is 23.2 Å². The Balaban J connectivity index is 1.52. The molecule has 33 heavy (non-hydrogen) atoms. The molecule has 3 aromatic carbocycles. The fraction of sp³-hybridized carbons (Fsp3) is 0.0870. The lowest BCUT2D eigenvalue weighted by Crippen LogP contribution is -2.24. The van der Waals surface area contributed by atoms with E-state index in [1.165, 1.54) is 36.0 Å². The van der Waals surface area contributed by atoms with Crippen LogP contribution in [-0.2, 0) is 11.3 Å². The summed E-state index contributed by atoms with van der Waals surface area (Å²) in [5, 5.41) is 22.8. The van der Waals surface area contributed by atoms with Crippen molar-refractivity contribution in [3.8, 4) is 17.1 Å². The largest absolute Gasteiger partial charge is 0.351 e. The minimum absolute atomic E-state index is 0.0167. The van der Waals surface area contributed by atoms with Crippen LogP contribution in [0, 0.1) is 15.9 Å². The molecule has 0 aliphatic heterocycles. The zero-order valence-corrected chi connectivity index (χ0v) is 18.0. The number of amides is 1. The molecule has 0 bridgehead atoms. The maximum Gasteiger partial charge on any atom is 0.269 e. The van der Waals surface area contributed by atoms with Gasteiger partial charge >= 0.3 is 0 Å². The molecule has 166 valence electrons. The highest BCUT2D eigenvalue weighted by Crippen LogP contribution is 2.29. The van der Waals surface area contributed by atoms with E-state index in [0.717, 1.165) is 11.3 Å². The highest BCUT2D eigenvalue weighted by Gasteiger charge is 2.18. The Labute approximate surface area is 192 Å². The molecule has 0 spiro atoms. The van der Waals surface area contributed by atoms with E-state index in [4.69, 9.17) is 0 Å². The summed E-state index contributed by atoms with van der Waals surface area (Å²) >= 11 is 1.22. The summed E-state index contributed by atoms with van der Waals surface area (Å²) in [7, 11) is 0. The van der Waals surface area contributed by atoms with Crippen LogP contribution in [0.1, 0.15) is 5.56 Å². The normalized spacial score (nSPS) is 10.7. The van der Waals surface area contributed by atoms with Crippen molar-refractivity contribution >= 4 is 23.4 Å². The van der Waals surface area contributed by atoms with E-state index in [9.17, 15) is 19.3 Å². The van der Waals surface area contributed by atoms with Crippen LogP contribution in [0.15, 0.2) is 84.0 Å². The summed E-state index contributed by atoms with van der Waals surface area (Å²) in [6.07, 6.45) is 0. The van der Waals surface area contributed by atoms with Crippen LogP contribution >= 0.6 is 11.8 Å². The van der Waals surface area contributed by atoms with Gasteiger partial charge in [0.2, 0.25) is 5.91 Å². The molecule has 4 rings (SSSR count). The van der Waals surface area contributed by atoms with Gasteiger partial charge in [0, 0.05) is 29.9 Å². The molecule has 0 fully saturated rings. The van der Waals surface area contributed by atoms with Gasteiger partial charge in [0.15, 0.2) is 11.0 Å². The summed E-state index contributed by atoms with van der Waals surface area (Å²) in [4.78, 5) is 22.9. The van der Waals surface area contributed by atoms with Crippen molar-refractivity contribution in [2.45, 2.75) is 11.7 Å². The molecular formula is C23H18FN5O3S. The van der Waals surface area contributed by atoms with Gasteiger partial charge in [0.1, 0.15) is 5.82 Å². The Morgan fingerprint density at radius 2 is 1.70 bits per heavy atom. The molecule has 0 saturated heterocycles. The SMILES string of the molecule is O=C(CSc1nnc(-c2ccc([N+](=O)[O-])cc2)n1-c1ccccc1)NCc1ccc(F)cc1. The van der Waals surface area contributed by atoms with Crippen molar-refractivity contribution in [3.63, 3.8) is 0 Å². The summed E-state index contributed by atoms with van der Waals surface area (Å²) in [5.74, 6) is 0.0747. The van der Waals surface area contributed by atoms with Gasteiger partial charge in [-0.15, -0.1) is 10.2 Å². The second-order valence-corrected chi connectivity index (χ2v) is 7.92. The van der Waals surface area contributed by atoms with Crippen molar-refractivity contribution in [2.75, 3.05) is 5.75 Å².